The summed E-state index contributed by atoms with van der Waals surface area (Å²) in [5, 5.41) is 6.88. The Morgan fingerprint density at radius 3 is 2.55 bits per heavy atom. The molecular weight excluding hydrogens is 507 g/mol. The fraction of sp³-hybridized carbons (Fsp3) is 0.522. The van der Waals surface area contributed by atoms with E-state index >= 15 is 0 Å². The van der Waals surface area contributed by atoms with Crippen molar-refractivity contribution < 1.29 is 13.9 Å². The number of guanidine groups is 1. The van der Waals surface area contributed by atoms with Crippen LogP contribution in [0.25, 0.3) is 0 Å². The zero-order valence-electron chi connectivity index (χ0n) is 18.7. The number of nitrogens with one attached hydrogen (secondary N) is 2. The molecule has 1 aliphatic heterocycles. The maximum absolute atomic E-state index is 5.70. The molecule has 2 N–H and O–H groups in total. The molecule has 1 unspecified atom stereocenters. The molecule has 172 valence electrons. The normalized spacial score (nSPS) is 15.3. The lowest BCUT2D eigenvalue weighted by atomic mass is 10.1. The first-order chi connectivity index (χ1) is 14.7. The van der Waals surface area contributed by atoms with Gasteiger partial charge in [0.05, 0.1) is 26.5 Å². The van der Waals surface area contributed by atoms with Crippen LogP contribution in [0.15, 0.2) is 46.0 Å². The van der Waals surface area contributed by atoms with Crippen LogP contribution in [-0.4, -0.2) is 58.3 Å². The van der Waals surface area contributed by atoms with Crippen LogP contribution < -0.4 is 20.1 Å². The zero-order valence-corrected chi connectivity index (χ0v) is 21.1. The van der Waals surface area contributed by atoms with Crippen molar-refractivity contribution >= 4 is 29.9 Å². The van der Waals surface area contributed by atoms with Crippen molar-refractivity contribution in [3.8, 4) is 11.5 Å². The van der Waals surface area contributed by atoms with Crippen molar-refractivity contribution in [3.05, 3.63) is 47.9 Å². The van der Waals surface area contributed by atoms with Gasteiger partial charge in [-0.3, -0.25) is 9.89 Å². The van der Waals surface area contributed by atoms with Crippen molar-refractivity contribution in [3.63, 3.8) is 0 Å². The second-order valence-corrected chi connectivity index (χ2v) is 7.45. The van der Waals surface area contributed by atoms with Crippen LogP contribution in [0.3, 0.4) is 0 Å². The number of methoxy groups -OCH3 is 2. The average Bonchev–Trinajstić information content (AvgIpc) is 3.50. The van der Waals surface area contributed by atoms with Crippen LogP contribution >= 0.6 is 24.0 Å². The summed E-state index contributed by atoms with van der Waals surface area (Å²) in [6.07, 6.45) is 6.19. The lowest BCUT2D eigenvalue weighted by molar-refractivity contribution is 0.215. The topological polar surface area (TPSA) is 71.3 Å². The number of aryl methyl sites for hydroxylation is 1. The first-order valence-corrected chi connectivity index (χ1v) is 10.7. The van der Waals surface area contributed by atoms with Gasteiger partial charge in [0.1, 0.15) is 5.76 Å². The van der Waals surface area contributed by atoms with Crippen LogP contribution in [0.2, 0.25) is 0 Å². The standard InChI is InChI=1S/C23H34N4O3.HI/c1-24-23(25-12-6-8-18-10-11-21(28-2)22(16-18)29-3)26-17-19(20-9-7-15-30-20)27-13-4-5-14-27;/h7,9-11,15-16,19H,4-6,8,12-14,17H2,1-3H3,(H2,24,25,26);1H. The molecule has 0 saturated carbocycles. The van der Waals surface area contributed by atoms with Crippen LogP contribution in [0.5, 0.6) is 11.5 Å². The molecule has 0 amide bonds. The van der Waals surface area contributed by atoms with Gasteiger partial charge in [-0.1, -0.05) is 6.07 Å². The van der Waals surface area contributed by atoms with E-state index in [9.17, 15) is 0 Å². The maximum Gasteiger partial charge on any atom is 0.191 e. The van der Waals surface area contributed by atoms with Crippen LogP contribution in [-0.2, 0) is 6.42 Å². The second-order valence-electron chi connectivity index (χ2n) is 7.45. The molecule has 1 aromatic carbocycles. The number of hydrogen-bond donors (Lipinski definition) is 2. The van der Waals surface area contributed by atoms with Gasteiger partial charge in [-0.05, 0) is 68.6 Å². The number of hydrogen-bond acceptors (Lipinski definition) is 5. The average molecular weight is 542 g/mol. The predicted molar refractivity (Wildman–Crippen MR) is 135 cm³/mol. The SMILES string of the molecule is CN=C(NCCCc1ccc(OC)c(OC)c1)NCC(c1ccco1)N1CCCC1.I. The van der Waals surface area contributed by atoms with Gasteiger partial charge in [0.2, 0.25) is 0 Å². The molecule has 2 aromatic rings. The number of nitrogens with zero attached hydrogens (tertiary/aromatic N) is 2. The Labute approximate surface area is 202 Å². The van der Waals surface area contributed by atoms with Gasteiger partial charge in [0.15, 0.2) is 17.5 Å². The van der Waals surface area contributed by atoms with E-state index in [1.54, 1.807) is 27.5 Å². The van der Waals surface area contributed by atoms with E-state index in [4.69, 9.17) is 13.9 Å². The minimum Gasteiger partial charge on any atom is -0.493 e. The molecule has 1 aromatic heterocycles. The Kier molecular flexibility index (Phi) is 11.0. The van der Waals surface area contributed by atoms with E-state index in [2.05, 4.69) is 32.7 Å². The maximum atomic E-state index is 5.70. The molecule has 2 heterocycles. The molecule has 1 fully saturated rings. The molecule has 3 rings (SSSR count). The number of ether oxygens (including phenoxy) is 2. The van der Waals surface area contributed by atoms with E-state index in [1.807, 2.05) is 18.2 Å². The minimum absolute atomic E-state index is 0. The summed E-state index contributed by atoms with van der Waals surface area (Å²) >= 11 is 0. The van der Waals surface area contributed by atoms with Crippen LogP contribution in [0, 0.1) is 0 Å². The molecular formula is C23H35IN4O3. The highest BCUT2D eigenvalue weighted by atomic mass is 127. The monoisotopic (exact) mass is 542 g/mol. The fourth-order valence-electron chi connectivity index (χ4n) is 3.89. The summed E-state index contributed by atoms with van der Waals surface area (Å²) in [4.78, 5) is 6.85. The first kappa shape index (κ1) is 25.3. The van der Waals surface area contributed by atoms with Crippen molar-refractivity contribution in [2.45, 2.75) is 31.7 Å². The molecule has 0 radical (unpaired) electrons. The molecule has 0 aliphatic carbocycles. The summed E-state index contributed by atoms with van der Waals surface area (Å²) in [6.45, 7) is 3.83. The van der Waals surface area contributed by atoms with Gasteiger partial charge < -0.3 is 24.5 Å². The largest absolute Gasteiger partial charge is 0.493 e. The predicted octanol–water partition coefficient (Wildman–Crippen LogP) is 3.85. The van der Waals surface area contributed by atoms with E-state index in [1.165, 1.54) is 18.4 Å². The highest BCUT2D eigenvalue weighted by molar-refractivity contribution is 14.0. The summed E-state index contributed by atoms with van der Waals surface area (Å²) in [5.74, 6) is 3.35. The van der Waals surface area contributed by atoms with Gasteiger partial charge in [-0.2, -0.15) is 0 Å². The Morgan fingerprint density at radius 1 is 1.13 bits per heavy atom. The third kappa shape index (κ3) is 7.31. The number of aliphatic imine (C=N–C) groups is 1. The molecule has 1 saturated heterocycles. The number of likely N-dealkylation sites (tertiary alicyclic amines) is 1. The molecule has 7 nitrogen and oxygen atoms in total. The molecule has 1 atom stereocenters. The van der Waals surface area contributed by atoms with Crippen molar-refractivity contribution in [1.82, 2.24) is 15.5 Å². The summed E-state index contributed by atoms with van der Waals surface area (Å²) in [6, 6.07) is 10.3. The number of benzene rings is 1. The van der Waals surface area contributed by atoms with Crippen LogP contribution in [0.4, 0.5) is 0 Å². The zero-order chi connectivity index (χ0) is 21.2. The Bertz CT molecular complexity index is 792. The summed E-state index contributed by atoms with van der Waals surface area (Å²) < 4.78 is 16.4. The number of furan rings is 1. The third-order valence-electron chi connectivity index (χ3n) is 5.52. The molecule has 0 spiro atoms. The summed E-state index contributed by atoms with van der Waals surface area (Å²) in [5.41, 5.74) is 1.23. The van der Waals surface area contributed by atoms with Crippen molar-refractivity contribution in [2.75, 3.05) is 47.4 Å². The Balaban J connectivity index is 0.00000341. The van der Waals surface area contributed by atoms with E-state index in [0.29, 0.717) is 0 Å². The minimum atomic E-state index is 0. The van der Waals surface area contributed by atoms with Gasteiger partial charge in [-0.25, -0.2) is 0 Å². The number of rotatable bonds is 10. The first-order valence-electron chi connectivity index (χ1n) is 10.7. The van der Waals surface area contributed by atoms with Gasteiger partial charge in [0, 0.05) is 20.1 Å². The van der Waals surface area contributed by atoms with Gasteiger partial charge >= 0.3 is 0 Å². The van der Waals surface area contributed by atoms with E-state index in [0.717, 1.165) is 62.2 Å². The fourth-order valence-corrected chi connectivity index (χ4v) is 3.89. The summed E-state index contributed by atoms with van der Waals surface area (Å²) in [7, 11) is 5.12. The molecule has 1 aliphatic rings. The molecule has 0 bridgehead atoms. The molecule has 31 heavy (non-hydrogen) atoms. The Hall–Kier alpha value is -1.94. The molecule has 8 heteroatoms. The lowest BCUT2D eigenvalue weighted by Crippen LogP contribution is -2.42. The highest BCUT2D eigenvalue weighted by Crippen LogP contribution is 2.28. The highest BCUT2D eigenvalue weighted by Gasteiger charge is 2.25. The van der Waals surface area contributed by atoms with Crippen molar-refractivity contribution in [2.24, 2.45) is 4.99 Å². The second kappa shape index (κ2) is 13.5. The number of halogens is 1. The van der Waals surface area contributed by atoms with Crippen molar-refractivity contribution in [1.29, 1.82) is 0 Å². The lowest BCUT2D eigenvalue weighted by Gasteiger charge is -2.26. The van der Waals surface area contributed by atoms with E-state index < -0.39 is 0 Å². The Morgan fingerprint density at radius 2 is 1.90 bits per heavy atom. The van der Waals surface area contributed by atoms with Gasteiger partial charge in [-0.15, -0.1) is 24.0 Å². The van der Waals surface area contributed by atoms with Crippen LogP contribution in [0.1, 0.15) is 36.6 Å². The third-order valence-corrected chi connectivity index (χ3v) is 5.52. The quantitative estimate of drug-likeness (QED) is 0.206. The smallest absolute Gasteiger partial charge is 0.191 e. The van der Waals surface area contributed by atoms with E-state index in [-0.39, 0.29) is 30.0 Å². The van der Waals surface area contributed by atoms with Gasteiger partial charge in [0.25, 0.3) is 0 Å².